The largest absolute Gasteiger partial charge is 0.453 e. The van der Waals surface area contributed by atoms with Gasteiger partial charge in [0.2, 0.25) is 0 Å². The van der Waals surface area contributed by atoms with Crippen molar-refractivity contribution in [2.24, 2.45) is 0 Å². The van der Waals surface area contributed by atoms with Gasteiger partial charge in [-0.3, -0.25) is 4.79 Å². The fourth-order valence-corrected chi connectivity index (χ4v) is 4.09. The SMILES string of the molecule is C/C(=C\c1cccc(-c2ccc(Oc3ccccc3F)c(C#N)c2)c1C)c1ccc(C(=O)N(C)C)cc1. The van der Waals surface area contributed by atoms with Crippen LogP contribution in [0.1, 0.15) is 39.5 Å². The molecule has 0 N–H and O–H groups in total. The maximum atomic E-state index is 14.0. The van der Waals surface area contributed by atoms with Crippen LogP contribution in [0.4, 0.5) is 4.39 Å². The number of allylic oxidation sites excluding steroid dienone is 1. The normalized spacial score (nSPS) is 11.1. The van der Waals surface area contributed by atoms with Crippen LogP contribution in [0.15, 0.2) is 84.9 Å². The van der Waals surface area contributed by atoms with Crippen molar-refractivity contribution >= 4 is 17.6 Å². The van der Waals surface area contributed by atoms with E-state index in [1.54, 1.807) is 43.3 Å². The van der Waals surface area contributed by atoms with E-state index in [-0.39, 0.29) is 11.7 Å². The molecule has 0 bridgehead atoms. The van der Waals surface area contributed by atoms with Gasteiger partial charge in [-0.05, 0) is 83.6 Å². The van der Waals surface area contributed by atoms with Crippen LogP contribution in [-0.4, -0.2) is 24.9 Å². The summed E-state index contributed by atoms with van der Waals surface area (Å²) >= 11 is 0. The van der Waals surface area contributed by atoms with Gasteiger partial charge in [-0.25, -0.2) is 4.39 Å². The molecule has 4 rings (SSSR count). The molecule has 4 aromatic carbocycles. The number of halogens is 1. The third-order valence-electron chi connectivity index (χ3n) is 6.21. The lowest BCUT2D eigenvalue weighted by atomic mass is 9.93. The fourth-order valence-electron chi connectivity index (χ4n) is 4.09. The van der Waals surface area contributed by atoms with Crippen molar-refractivity contribution < 1.29 is 13.9 Å². The summed E-state index contributed by atoms with van der Waals surface area (Å²) in [6, 6.07) is 27.2. The van der Waals surface area contributed by atoms with Gasteiger partial charge >= 0.3 is 0 Å². The zero-order chi connectivity index (χ0) is 26.5. The first-order valence-corrected chi connectivity index (χ1v) is 11.9. The average Bonchev–Trinajstić information content (AvgIpc) is 2.91. The molecule has 0 unspecified atom stereocenters. The van der Waals surface area contributed by atoms with Crippen molar-refractivity contribution in [3.8, 4) is 28.7 Å². The summed E-state index contributed by atoms with van der Waals surface area (Å²) in [6.07, 6.45) is 2.11. The zero-order valence-electron chi connectivity index (χ0n) is 21.2. The smallest absolute Gasteiger partial charge is 0.253 e. The molecule has 0 radical (unpaired) electrons. The summed E-state index contributed by atoms with van der Waals surface area (Å²) < 4.78 is 19.7. The topological polar surface area (TPSA) is 53.3 Å². The zero-order valence-corrected chi connectivity index (χ0v) is 21.2. The minimum Gasteiger partial charge on any atom is -0.453 e. The van der Waals surface area contributed by atoms with Gasteiger partial charge in [0.05, 0.1) is 5.56 Å². The second-order valence-electron chi connectivity index (χ2n) is 8.98. The minimum absolute atomic E-state index is 0.0289. The number of carbonyl (C=O) groups excluding carboxylic acids is 1. The first-order valence-electron chi connectivity index (χ1n) is 11.9. The molecule has 4 nitrogen and oxygen atoms in total. The quantitative estimate of drug-likeness (QED) is 0.260. The van der Waals surface area contributed by atoms with E-state index in [0.29, 0.717) is 16.9 Å². The number of nitriles is 1. The highest BCUT2D eigenvalue weighted by Gasteiger charge is 2.13. The van der Waals surface area contributed by atoms with Gasteiger partial charge in [-0.15, -0.1) is 0 Å². The van der Waals surface area contributed by atoms with Gasteiger partial charge in [0.25, 0.3) is 5.91 Å². The summed E-state index contributed by atoms with van der Waals surface area (Å²) in [5, 5.41) is 9.73. The number of hydrogen-bond donors (Lipinski definition) is 0. The number of nitrogens with zero attached hydrogens (tertiary/aromatic N) is 2. The Kier molecular flexibility index (Phi) is 7.50. The molecule has 0 heterocycles. The number of benzene rings is 4. The minimum atomic E-state index is -0.486. The number of hydrogen-bond acceptors (Lipinski definition) is 3. The highest BCUT2D eigenvalue weighted by molar-refractivity contribution is 5.94. The summed E-state index contributed by atoms with van der Waals surface area (Å²) in [4.78, 5) is 13.7. The van der Waals surface area contributed by atoms with Crippen molar-refractivity contribution in [3.05, 3.63) is 119 Å². The van der Waals surface area contributed by atoms with E-state index in [0.717, 1.165) is 33.4 Å². The van der Waals surface area contributed by atoms with Crippen LogP contribution >= 0.6 is 0 Å². The van der Waals surface area contributed by atoms with Crippen LogP contribution in [0.25, 0.3) is 22.8 Å². The van der Waals surface area contributed by atoms with E-state index < -0.39 is 5.82 Å². The van der Waals surface area contributed by atoms with Crippen LogP contribution in [0.5, 0.6) is 11.5 Å². The lowest BCUT2D eigenvalue weighted by Gasteiger charge is -2.13. The molecule has 0 atom stereocenters. The Labute approximate surface area is 216 Å². The van der Waals surface area contributed by atoms with Crippen molar-refractivity contribution in [1.82, 2.24) is 4.90 Å². The number of para-hydroxylation sites is 1. The monoisotopic (exact) mass is 490 g/mol. The standard InChI is InChI=1S/C32H27FN2O2/c1-21(23-12-14-24(15-13-23)32(36)35(3)4)18-25-8-7-9-28(22(25)2)26-16-17-30(27(19-26)20-34)37-31-11-6-5-10-29(31)33/h5-19H,1-4H3/b21-18+. The highest BCUT2D eigenvalue weighted by Crippen LogP contribution is 2.33. The Bertz CT molecular complexity index is 1530. The number of ether oxygens (including phenoxy) is 1. The predicted molar refractivity (Wildman–Crippen MR) is 146 cm³/mol. The van der Waals surface area contributed by atoms with E-state index >= 15 is 0 Å². The van der Waals surface area contributed by atoms with Crippen LogP contribution < -0.4 is 4.74 Å². The van der Waals surface area contributed by atoms with Gasteiger partial charge in [0, 0.05) is 19.7 Å². The first kappa shape index (κ1) is 25.4. The first-order chi connectivity index (χ1) is 17.8. The molecule has 0 aliphatic heterocycles. The van der Waals surface area contributed by atoms with Gasteiger partial charge < -0.3 is 9.64 Å². The second kappa shape index (κ2) is 10.9. The Morgan fingerprint density at radius 1 is 0.919 bits per heavy atom. The van der Waals surface area contributed by atoms with E-state index in [1.165, 1.54) is 12.1 Å². The van der Waals surface area contributed by atoms with Gasteiger partial charge in [-0.1, -0.05) is 54.6 Å². The second-order valence-corrected chi connectivity index (χ2v) is 8.98. The molecule has 0 aliphatic rings. The van der Waals surface area contributed by atoms with Crippen molar-refractivity contribution in [3.63, 3.8) is 0 Å². The van der Waals surface area contributed by atoms with Crippen molar-refractivity contribution in [1.29, 1.82) is 5.26 Å². The molecule has 0 fully saturated rings. The molecule has 0 aliphatic carbocycles. The van der Waals surface area contributed by atoms with Gasteiger partial charge in [0.15, 0.2) is 11.6 Å². The maximum Gasteiger partial charge on any atom is 0.253 e. The molecule has 0 saturated carbocycles. The number of amides is 1. The van der Waals surface area contributed by atoms with E-state index in [4.69, 9.17) is 4.74 Å². The van der Waals surface area contributed by atoms with Crippen LogP contribution in [0, 0.1) is 24.1 Å². The Balaban J connectivity index is 1.63. The summed E-state index contributed by atoms with van der Waals surface area (Å²) in [6.45, 7) is 4.08. The molecule has 0 spiro atoms. The fraction of sp³-hybridized carbons (Fsp3) is 0.125. The molecule has 0 saturated heterocycles. The molecule has 184 valence electrons. The predicted octanol–water partition coefficient (Wildman–Crippen LogP) is 7.73. The third kappa shape index (κ3) is 5.60. The van der Waals surface area contributed by atoms with Crippen LogP contribution in [-0.2, 0) is 0 Å². The van der Waals surface area contributed by atoms with E-state index in [1.807, 2.05) is 62.4 Å². The summed E-state index contributed by atoms with van der Waals surface area (Å²) in [5.41, 5.74) is 7.04. The Hall–Kier alpha value is -4.69. The van der Waals surface area contributed by atoms with E-state index in [2.05, 4.69) is 12.1 Å². The molecular weight excluding hydrogens is 463 g/mol. The van der Waals surface area contributed by atoms with Crippen molar-refractivity contribution in [2.75, 3.05) is 14.1 Å². The maximum absolute atomic E-state index is 14.0. The Morgan fingerprint density at radius 2 is 1.62 bits per heavy atom. The molecule has 1 amide bonds. The lowest BCUT2D eigenvalue weighted by molar-refractivity contribution is 0.0827. The highest BCUT2D eigenvalue weighted by atomic mass is 19.1. The van der Waals surface area contributed by atoms with Crippen molar-refractivity contribution in [2.45, 2.75) is 13.8 Å². The van der Waals surface area contributed by atoms with E-state index in [9.17, 15) is 14.4 Å². The molecule has 5 heteroatoms. The molecular formula is C32H27FN2O2. The molecule has 4 aromatic rings. The Morgan fingerprint density at radius 3 is 2.30 bits per heavy atom. The lowest BCUT2D eigenvalue weighted by Crippen LogP contribution is -2.21. The molecule has 37 heavy (non-hydrogen) atoms. The van der Waals surface area contributed by atoms with Crippen LogP contribution in [0.3, 0.4) is 0 Å². The average molecular weight is 491 g/mol. The number of rotatable bonds is 6. The third-order valence-corrected chi connectivity index (χ3v) is 6.21. The van der Waals surface area contributed by atoms with Gasteiger partial charge in [0.1, 0.15) is 11.8 Å². The summed E-state index contributed by atoms with van der Waals surface area (Å²) in [5.74, 6) is -0.138. The summed E-state index contributed by atoms with van der Waals surface area (Å²) in [7, 11) is 3.47. The molecule has 0 aromatic heterocycles. The number of carbonyl (C=O) groups is 1. The van der Waals surface area contributed by atoms with Crippen LogP contribution in [0.2, 0.25) is 0 Å². The van der Waals surface area contributed by atoms with Gasteiger partial charge in [-0.2, -0.15) is 5.26 Å².